The summed E-state index contributed by atoms with van der Waals surface area (Å²) in [7, 11) is 0. The molecule has 0 aliphatic carbocycles. The fourth-order valence-corrected chi connectivity index (χ4v) is 4.69. The first-order valence-corrected chi connectivity index (χ1v) is 10.6. The predicted octanol–water partition coefficient (Wildman–Crippen LogP) is 2.37. The molecule has 2 aromatic rings. The van der Waals surface area contributed by atoms with E-state index in [1.54, 1.807) is 29.2 Å². The van der Waals surface area contributed by atoms with Crippen LogP contribution >= 0.6 is 11.6 Å². The van der Waals surface area contributed by atoms with E-state index in [1.807, 2.05) is 42.2 Å². The number of amides is 2. The minimum absolute atomic E-state index is 0.00195. The third kappa shape index (κ3) is 3.95. The second-order valence-electron chi connectivity index (χ2n) is 8.31. The maximum Gasteiger partial charge on any atom is 0.253 e. The molecule has 2 atom stereocenters. The molecule has 2 heterocycles. The second kappa shape index (κ2) is 8.38. The summed E-state index contributed by atoms with van der Waals surface area (Å²) in [5.41, 5.74) is 0.689. The predicted molar refractivity (Wildman–Crippen MR) is 116 cm³/mol. The molecule has 0 radical (unpaired) electrons. The highest BCUT2D eigenvalue weighted by molar-refractivity contribution is 6.30. The van der Waals surface area contributed by atoms with Crippen LogP contribution in [0.2, 0.25) is 5.02 Å². The molecule has 1 N–H and O–H groups in total. The zero-order chi connectivity index (χ0) is 21.3. The highest BCUT2D eigenvalue weighted by atomic mass is 35.5. The Hall–Kier alpha value is -2.41. The summed E-state index contributed by atoms with van der Waals surface area (Å²) >= 11 is 5.96. The van der Waals surface area contributed by atoms with Crippen LogP contribution in [0.3, 0.4) is 0 Å². The number of carbonyl (C=O) groups excluding carboxylic acids is 2. The molecule has 2 amide bonds. The Labute approximate surface area is 181 Å². The summed E-state index contributed by atoms with van der Waals surface area (Å²) in [6, 6.07) is 16.1. The van der Waals surface area contributed by atoms with Crippen LogP contribution in [0.1, 0.15) is 27.6 Å². The first kappa shape index (κ1) is 20.8. The number of halogens is 1. The van der Waals surface area contributed by atoms with E-state index >= 15 is 0 Å². The van der Waals surface area contributed by atoms with E-state index < -0.39 is 5.54 Å². The van der Waals surface area contributed by atoms with Gasteiger partial charge in [0.15, 0.2) is 0 Å². The van der Waals surface area contributed by atoms with E-state index in [2.05, 4.69) is 4.90 Å². The Morgan fingerprint density at radius 3 is 2.23 bits per heavy atom. The number of benzene rings is 2. The van der Waals surface area contributed by atoms with Gasteiger partial charge in [-0.05, 0) is 43.3 Å². The maximum absolute atomic E-state index is 13.1. The standard InChI is InChI=1S/C23H26ClN3O3/c1-23(16-28)15-26(22(30)18-7-9-19(24)10-8-18)14-20-13-25(11-12-27(20)23)21(29)17-5-3-2-4-6-17/h2-10,20,28H,11-16H2,1H3. The number of fused-ring (bicyclic) bond motifs is 1. The molecule has 0 saturated carbocycles. The van der Waals surface area contributed by atoms with E-state index in [-0.39, 0.29) is 24.5 Å². The molecule has 30 heavy (non-hydrogen) atoms. The summed E-state index contributed by atoms with van der Waals surface area (Å²) in [5, 5.41) is 10.8. The van der Waals surface area contributed by atoms with Gasteiger partial charge in [0, 0.05) is 54.9 Å². The van der Waals surface area contributed by atoms with Crippen molar-refractivity contribution >= 4 is 23.4 Å². The summed E-state index contributed by atoms with van der Waals surface area (Å²) < 4.78 is 0. The first-order valence-electron chi connectivity index (χ1n) is 10.2. The highest BCUT2D eigenvalue weighted by Gasteiger charge is 2.46. The van der Waals surface area contributed by atoms with Gasteiger partial charge in [0.25, 0.3) is 11.8 Å². The van der Waals surface area contributed by atoms with E-state index in [0.29, 0.717) is 48.9 Å². The molecule has 2 fully saturated rings. The molecule has 0 bridgehead atoms. The Morgan fingerprint density at radius 2 is 1.57 bits per heavy atom. The lowest BCUT2D eigenvalue weighted by Crippen LogP contribution is -2.72. The molecule has 2 aliphatic heterocycles. The summed E-state index contributed by atoms with van der Waals surface area (Å²) in [5.74, 6) is -0.0837. The van der Waals surface area contributed by atoms with Crippen LogP contribution in [-0.4, -0.2) is 82.5 Å². The van der Waals surface area contributed by atoms with Crippen molar-refractivity contribution in [3.8, 4) is 0 Å². The van der Waals surface area contributed by atoms with Crippen molar-refractivity contribution in [2.45, 2.75) is 18.5 Å². The van der Waals surface area contributed by atoms with Crippen molar-refractivity contribution in [2.24, 2.45) is 0 Å². The number of rotatable bonds is 3. The average Bonchev–Trinajstić information content (AvgIpc) is 2.78. The van der Waals surface area contributed by atoms with Crippen LogP contribution < -0.4 is 0 Å². The lowest BCUT2D eigenvalue weighted by atomic mass is 9.91. The summed E-state index contributed by atoms with van der Waals surface area (Å²) in [6.45, 7) is 4.67. The monoisotopic (exact) mass is 427 g/mol. The molecular weight excluding hydrogens is 402 g/mol. The third-order valence-corrected chi connectivity index (χ3v) is 6.42. The topological polar surface area (TPSA) is 64.1 Å². The van der Waals surface area contributed by atoms with Gasteiger partial charge in [0.05, 0.1) is 12.1 Å². The molecule has 2 aliphatic rings. The Bertz CT molecular complexity index is 921. The number of hydrogen-bond donors (Lipinski definition) is 1. The Balaban J connectivity index is 1.55. The number of aliphatic hydroxyl groups excluding tert-OH is 1. The largest absolute Gasteiger partial charge is 0.394 e. The van der Waals surface area contributed by atoms with Gasteiger partial charge in [-0.25, -0.2) is 0 Å². The van der Waals surface area contributed by atoms with Crippen molar-refractivity contribution in [3.05, 3.63) is 70.7 Å². The molecule has 158 valence electrons. The zero-order valence-corrected chi connectivity index (χ0v) is 17.8. The van der Waals surface area contributed by atoms with Gasteiger partial charge in [0.1, 0.15) is 0 Å². The Morgan fingerprint density at radius 1 is 0.967 bits per heavy atom. The molecular formula is C23H26ClN3O3. The number of hydrogen-bond acceptors (Lipinski definition) is 4. The van der Waals surface area contributed by atoms with Crippen molar-refractivity contribution in [3.63, 3.8) is 0 Å². The molecule has 2 saturated heterocycles. The quantitative estimate of drug-likeness (QED) is 0.816. The average molecular weight is 428 g/mol. The first-order chi connectivity index (χ1) is 14.4. The van der Waals surface area contributed by atoms with Crippen LogP contribution in [0.15, 0.2) is 54.6 Å². The lowest BCUT2D eigenvalue weighted by Gasteiger charge is -2.56. The van der Waals surface area contributed by atoms with Crippen LogP contribution in [-0.2, 0) is 0 Å². The van der Waals surface area contributed by atoms with Crippen molar-refractivity contribution in [1.29, 1.82) is 0 Å². The lowest BCUT2D eigenvalue weighted by molar-refractivity contribution is -0.0783. The van der Waals surface area contributed by atoms with Gasteiger partial charge < -0.3 is 14.9 Å². The van der Waals surface area contributed by atoms with Crippen molar-refractivity contribution < 1.29 is 14.7 Å². The Kier molecular flexibility index (Phi) is 5.82. The fraction of sp³-hybridized carbons (Fsp3) is 0.391. The van der Waals surface area contributed by atoms with Gasteiger partial charge in [0.2, 0.25) is 0 Å². The maximum atomic E-state index is 13.1. The minimum atomic E-state index is -0.549. The van der Waals surface area contributed by atoms with Crippen LogP contribution in [0.25, 0.3) is 0 Å². The number of nitrogens with zero attached hydrogens (tertiary/aromatic N) is 3. The van der Waals surface area contributed by atoms with E-state index in [0.717, 1.165) is 0 Å². The van der Waals surface area contributed by atoms with Crippen molar-refractivity contribution in [1.82, 2.24) is 14.7 Å². The summed E-state index contributed by atoms with van der Waals surface area (Å²) in [6.07, 6.45) is 0. The number of aliphatic hydroxyl groups is 1. The fourth-order valence-electron chi connectivity index (χ4n) is 4.56. The molecule has 0 spiro atoms. The normalized spacial score (nSPS) is 24.4. The smallest absolute Gasteiger partial charge is 0.253 e. The van der Waals surface area contributed by atoms with E-state index in [4.69, 9.17) is 11.6 Å². The molecule has 2 unspecified atom stereocenters. The molecule has 4 rings (SSSR count). The number of piperazine rings is 2. The molecule has 2 aromatic carbocycles. The van der Waals surface area contributed by atoms with Gasteiger partial charge in [-0.2, -0.15) is 0 Å². The van der Waals surface area contributed by atoms with Gasteiger partial charge in [-0.1, -0.05) is 29.8 Å². The molecule has 0 aromatic heterocycles. The SMILES string of the molecule is CC1(CO)CN(C(=O)c2ccc(Cl)cc2)CC2CN(C(=O)c3ccccc3)CCN21. The molecule has 7 heteroatoms. The van der Waals surface area contributed by atoms with E-state index in [9.17, 15) is 14.7 Å². The van der Waals surface area contributed by atoms with Gasteiger partial charge in [-0.3, -0.25) is 14.5 Å². The summed E-state index contributed by atoms with van der Waals surface area (Å²) in [4.78, 5) is 32.0. The van der Waals surface area contributed by atoms with Crippen LogP contribution in [0.4, 0.5) is 0 Å². The zero-order valence-electron chi connectivity index (χ0n) is 17.0. The number of carbonyl (C=O) groups is 2. The highest BCUT2D eigenvalue weighted by Crippen LogP contribution is 2.30. The molecule has 6 nitrogen and oxygen atoms in total. The van der Waals surface area contributed by atoms with Crippen molar-refractivity contribution in [2.75, 3.05) is 39.3 Å². The van der Waals surface area contributed by atoms with E-state index in [1.165, 1.54) is 0 Å². The second-order valence-corrected chi connectivity index (χ2v) is 8.75. The van der Waals surface area contributed by atoms with Gasteiger partial charge >= 0.3 is 0 Å². The third-order valence-electron chi connectivity index (χ3n) is 6.17. The van der Waals surface area contributed by atoms with Crippen LogP contribution in [0.5, 0.6) is 0 Å². The van der Waals surface area contributed by atoms with Crippen LogP contribution in [0, 0.1) is 0 Å². The minimum Gasteiger partial charge on any atom is -0.394 e. The van der Waals surface area contributed by atoms with Gasteiger partial charge in [-0.15, -0.1) is 0 Å².